The second-order valence-corrected chi connectivity index (χ2v) is 4.84. The van der Waals surface area contributed by atoms with E-state index < -0.39 is 0 Å². The molecule has 0 aliphatic carbocycles. The highest BCUT2D eigenvalue weighted by Crippen LogP contribution is 2.10. The average Bonchev–Trinajstić information content (AvgIpc) is 2.40. The van der Waals surface area contributed by atoms with Crippen LogP contribution in [0.3, 0.4) is 0 Å². The van der Waals surface area contributed by atoms with Crippen LogP contribution in [-0.2, 0) is 6.42 Å². The van der Waals surface area contributed by atoms with Crippen LogP contribution in [0, 0.1) is 5.92 Å². The smallest absolute Gasteiger partial charge is 0.0107 e. The minimum Gasteiger partial charge on any atom is -0.330 e. The summed E-state index contributed by atoms with van der Waals surface area (Å²) >= 11 is 0. The molecule has 3 heteroatoms. The van der Waals surface area contributed by atoms with Crippen LogP contribution in [0.4, 0.5) is 0 Å². The lowest BCUT2D eigenvalue weighted by molar-refractivity contribution is 0.207. The Morgan fingerprint density at radius 2 is 1.88 bits per heavy atom. The van der Waals surface area contributed by atoms with Crippen molar-refractivity contribution in [2.75, 3.05) is 39.3 Å². The summed E-state index contributed by atoms with van der Waals surface area (Å²) in [6.45, 7) is 6.45. The minimum atomic E-state index is 0.579. The van der Waals surface area contributed by atoms with Crippen molar-refractivity contribution in [2.45, 2.75) is 6.42 Å². The van der Waals surface area contributed by atoms with Gasteiger partial charge in [-0.25, -0.2) is 0 Å². The van der Waals surface area contributed by atoms with Gasteiger partial charge in [0.1, 0.15) is 0 Å². The SMILES string of the molecule is NCC(Cc1ccccc1)CN1CCNCC1. The van der Waals surface area contributed by atoms with Gasteiger partial charge in [0.2, 0.25) is 0 Å². The highest BCUT2D eigenvalue weighted by atomic mass is 15.2. The van der Waals surface area contributed by atoms with E-state index in [1.807, 2.05) is 0 Å². The van der Waals surface area contributed by atoms with Gasteiger partial charge in [0.05, 0.1) is 0 Å². The molecule has 0 saturated carbocycles. The molecule has 0 amide bonds. The maximum absolute atomic E-state index is 5.90. The first-order valence-electron chi connectivity index (χ1n) is 6.55. The molecule has 3 nitrogen and oxygen atoms in total. The van der Waals surface area contributed by atoms with Gasteiger partial charge in [0.25, 0.3) is 0 Å². The van der Waals surface area contributed by atoms with E-state index in [0.717, 1.165) is 45.7 Å². The van der Waals surface area contributed by atoms with Gasteiger partial charge >= 0.3 is 0 Å². The fraction of sp³-hybridized carbons (Fsp3) is 0.571. The third-order valence-electron chi connectivity index (χ3n) is 3.43. The molecule has 17 heavy (non-hydrogen) atoms. The van der Waals surface area contributed by atoms with Gasteiger partial charge in [0, 0.05) is 32.7 Å². The molecule has 94 valence electrons. The number of rotatable bonds is 5. The van der Waals surface area contributed by atoms with Crippen molar-refractivity contribution in [3.63, 3.8) is 0 Å². The quantitative estimate of drug-likeness (QED) is 0.787. The lowest BCUT2D eigenvalue weighted by Crippen LogP contribution is -2.46. The Labute approximate surface area is 104 Å². The van der Waals surface area contributed by atoms with E-state index in [9.17, 15) is 0 Å². The lowest BCUT2D eigenvalue weighted by atomic mass is 9.98. The Hall–Kier alpha value is -0.900. The van der Waals surface area contributed by atoms with Crippen molar-refractivity contribution in [2.24, 2.45) is 11.7 Å². The summed E-state index contributed by atoms with van der Waals surface area (Å²) in [7, 11) is 0. The van der Waals surface area contributed by atoms with E-state index in [1.165, 1.54) is 5.56 Å². The summed E-state index contributed by atoms with van der Waals surface area (Å²) in [4.78, 5) is 2.52. The molecule has 2 rings (SSSR count). The van der Waals surface area contributed by atoms with Gasteiger partial charge in [-0.05, 0) is 24.4 Å². The molecule has 1 atom stereocenters. The second kappa shape index (κ2) is 6.74. The molecular weight excluding hydrogens is 210 g/mol. The van der Waals surface area contributed by atoms with Crippen LogP contribution in [0.15, 0.2) is 30.3 Å². The molecule has 1 saturated heterocycles. The molecule has 1 aromatic carbocycles. The first kappa shape index (κ1) is 12.6. The Morgan fingerprint density at radius 3 is 2.53 bits per heavy atom. The number of nitrogens with one attached hydrogen (secondary N) is 1. The summed E-state index contributed by atoms with van der Waals surface area (Å²) in [5.41, 5.74) is 7.30. The maximum Gasteiger partial charge on any atom is 0.0107 e. The number of nitrogens with two attached hydrogens (primary N) is 1. The molecule has 1 aliphatic rings. The van der Waals surface area contributed by atoms with Crippen LogP contribution >= 0.6 is 0 Å². The summed E-state index contributed by atoms with van der Waals surface area (Å²) in [6.07, 6.45) is 1.10. The molecular formula is C14H23N3. The number of nitrogens with zero attached hydrogens (tertiary/aromatic N) is 1. The molecule has 0 radical (unpaired) electrons. The van der Waals surface area contributed by atoms with E-state index in [2.05, 4.69) is 40.5 Å². The Kier molecular flexibility index (Phi) is 4.98. The molecule has 0 bridgehead atoms. The van der Waals surface area contributed by atoms with Crippen molar-refractivity contribution in [3.05, 3.63) is 35.9 Å². The highest BCUT2D eigenvalue weighted by Gasteiger charge is 2.15. The fourth-order valence-electron chi connectivity index (χ4n) is 2.43. The zero-order valence-corrected chi connectivity index (χ0v) is 10.4. The third kappa shape index (κ3) is 4.11. The van der Waals surface area contributed by atoms with E-state index >= 15 is 0 Å². The molecule has 3 N–H and O–H groups in total. The zero-order valence-electron chi connectivity index (χ0n) is 10.4. The predicted octanol–water partition coefficient (Wildman–Crippen LogP) is 0.709. The summed E-state index contributed by atoms with van der Waals surface area (Å²) in [5.74, 6) is 0.579. The number of hydrogen-bond donors (Lipinski definition) is 2. The zero-order chi connectivity index (χ0) is 11.9. The molecule has 1 aliphatic heterocycles. The third-order valence-corrected chi connectivity index (χ3v) is 3.43. The number of piperazine rings is 1. The van der Waals surface area contributed by atoms with Gasteiger partial charge in [-0.1, -0.05) is 30.3 Å². The second-order valence-electron chi connectivity index (χ2n) is 4.84. The monoisotopic (exact) mass is 233 g/mol. The van der Waals surface area contributed by atoms with Crippen LogP contribution in [0.1, 0.15) is 5.56 Å². The molecule has 1 fully saturated rings. The van der Waals surface area contributed by atoms with Crippen molar-refractivity contribution >= 4 is 0 Å². The van der Waals surface area contributed by atoms with Crippen LogP contribution in [0.25, 0.3) is 0 Å². The fourth-order valence-corrected chi connectivity index (χ4v) is 2.43. The Bertz CT molecular complexity index is 307. The molecule has 1 heterocycles. The normalized spacial score (nSPS) is 19.1. The largest absolute Gasteiger partial charge is 0.330 e. The lowest BCUT2D eigenvalue weighted by Gasteiger charge is -2.30. The number of benzene rings is 1. The van der Waals surface area contributed by atoms with Crippen LogP contribution < -0.4 is 11.1 Å². The van der Waals surface area contributed by atoms with E-state index in [0.29, 0.717) is 5.92 Å². The summed E-state index contributed by atoms with van der Waals surface area (Å²) in [5, 5.41) is 3.38. The topological polar surface area (TPSA) is 41.3 Å². The predicted molar refractivity (Wildman–Crippen MR) is 72.0 cm³/mol. The van der Waals surface area contributed by atoms with Crippen molar-refractivity contribution in [3.8, 4) is 0 Å². The van der Waals surface area contributed by atoms with Crippen molar-refractivity contribution in [1.82, 2.24) is 10.2 Å². The van der Waals surface area contributed by atoms with Gasteiger partial charge in [-0.15, -0.1) is 0 Å². The molecule has 0 spiro atoms. The van der Waals surface area contributed by atoms with Crippen LogP contribution in [-0.4, -0.2) is 44.2 Å². The summed E-state index contributed by atoms with van der Waals surface area (Å²) in [6, 6.07) is 10.7. The van der Waals surface area contributed by atoms with E-state index in [4.69, 9.17) is 5.73 Å². The van der Waals surface area contributed by atoms with Crippen molar-refractivity contribution < 1.29 is 0 Å². The molecule has 1 unspecified atom stereocenters. The maximum atomic E-state index is 5.90. The molecule has 1 aromatic rings. The van der Waals surface area contributed by atoms with Gasteiger partial charge < -0.3 is 16.0 Å². The van der Waals surface area contributed by atoms with Crippen LogP contribution in [0.5, 0.6) is 0 Å². The minimum absolute atomic E-state index is 0.579. The Balaban J connectivity index is 1.83. The summed E-state index contributed by atoms with van der Waals surface area (Å²) < 4.78 is 0. The highest BCUT2D eigenvalue weighted by molar-refractivity contribution is 5.15. The molecule has 0 aromatic heterocycles. The Morgan fingerprint density at radius 1 is 1.18 bits per heavy atom. The van der Waals surface area contributed by atoms with E-state index in [-0.39, 0.29) is 0 Å². The van der Waals surface area contributed by atoms with Crippen LogP contribution in [0.2, 0.25) is 0 Å². The first-order chi connectivity index (χ1) is 8.38. The van der Waals surface area contributed by atoms with Gasteiger partial charge in [-0.2, -0.15) is 0 Å². The average molecular weight is 233 g/mol. The first-order valence-corrected chi connectivity index (χ1v) is 6.55. The van der Waals surface area contributed by atoms with Gasteiger partial charge in [-0.3, -0.25) is 0 Å². The number of hydrogen-bond acceptors (Lipinski definition) is 3. The van der Waals surface area contributed by atoms with Gasteiger partial charge in [0.15, 0.2) is 0 Å². The van der Waals surface area contributed by atoms with E-state index in [1.54, 1.807) is 0 Å². The standard InChI is InChI=1S/C14H23N3/c15-11-14(10-13-4-2-1-3-5-13)12-17-8-6-16-7-9-17/h1-5,14,16H,6-12,15H2. The van der Waals surface area contributed by atoms with Crippen molar-refractivity contribution in [1.29, 1.82) is 0 Å².